The molecule has 0 radical (unpaired) electrons. The number of likely N-dealkylation sites (tertiary alicyclic amines) is 1. The van der Waals surface area contributed by atoms with Gasteiger partial charge in [0.1, 0.15) is 6.54 Å². The van der Waals surface area contributed by atoms with Crippen LogP contribution in [0, 0.1) is 31.1 Å². The molecule has 3 aliphatic rings. The molecule has 0 aromatic carbocycles. The summed E-state index contributed by atoms with van der Waals surface area (Å²) < 4.78 is 1.77. The van der Waals surface area contributed by atoms with E-state index in [1.165, 1.54) is 19.3 Å². The largest absolute Gasteiger partial charge is 0.356 e. The topological polar surface area (TPSA) is 67.2 Å². The highest BCUT2D eigenvalue weighted by atomic mass is 16.2. The van der Waals surface area contributed by atoms with E-state index in [0.717, 1.165) is 37.3 Å². The van der Waals surface area contributed by atoms with Gasteiger partial charge in [0, 0.05) is 30.7 Å². The summed E-state index contributed by atoms with van der Waals surface area (Å²) in [6.45, 7) is 6.28. The molecule has 1 saturated heterocycles. The first-order valence-corrected chi connectivity index (χ1v) is 9.53. The molecule has 25 heavy (non-hydrogen) atoms. The molecule has 1 N–H and O–H groups in total. The Balaban J connectivity index is 1.41. The monoisotopic (exact) mass is 344 g/mol. The van der Waals surface area contributed by atoms with Crippen molar-refractivity contribution in [2.24, 2.45) is 17.3 Å². The number of rotatable bonds is 5. The normalized spacial score (nSPS) is 24.4. The Kier molecular flexibility index (Phi) is 4.08. The van der Waals surface area contributed by atoms with Gasteiger partial charge < -0.3 is 10.2 Å². The minimum Gasteiger partial charge on any atom is -0.356 e. The van der Waals surface area contributed by atoms with E-state index in [0.29, 0.717) is 12.5 Å². The molecular weight excluding hydrogens is 316 g/mol. The lowest BCUT2D eigenvalue weighted by atomic mass is 9.62. The van der Waals surface area contributed by atoms with Crippen molar-refractivity contribution in [3.63, 3.8) is 0 Å². The third-order valence-electron chi connectivity index (χ3n) is 6.32. The molecular formula is C19H28N4O2. The number of nitrogens with zero attached hydrogens (tertiary/aromatic N) is 3. The molecule has 2 saturated carbocycles. The smallest absolute Gasteiger partial charge is 0.244 e. The van der Waals surface area contributed by atoms with Crippen molar-refractivity contribution < 1.29 is 9.59 Å². The quantitative estimate of drug-likeness (QED) is 0.883. The molecule has 1 spiro atoms. The molecule has 4 rings (SSSR count). The van der Waals surface area contributed by atoms with E-state index >= 15 is 0 Å². The second-order valence-corrected chi connectivity index (χ2v) is 8.32. The lowest BCUT2D eigenvalue weighted by molar-refractivity contribution is -0.131. The van der Waals surface area contributed by atoms with Gasteiger partial charge in [-0.2, -0.15) is 5.10 Å². The van der Waals surface area contributed by atoms with Crippen LogP contribution in [0.4, 0.5) is 0 Å². The fourth-order valence-corrected chi connectivity index (χ4v) is 4.41. The Morgan fingerprint density at radius 2 is 2.08 bits per heavy atom. The maximum absolute atomic E-state index is 12.8. The summed E-state index contributed by atoms with van der Waals surface area (Å²) in [5, 5.41) is 7.53. The Hall–Kier alpha value is -1.85. The fourth-order valence-electron chi connectivity index (χ4n) is 4.41. The Labute approximate surface area is 148 Å². The second kappa shape index (κ2) is 6.15. The zero-order chi connectivity index (χ0) is 17.6. The molecule has 2 heterocycles. The first-order chi connectivity index (χ1) is 12.0. The van der Waals surface area contributed by atoms with Gasteiger partial charge in [-0.05, 0) is 51.5 Å². The molecule has 1 unspecified atom stereocenters. The number of aromatic nitrogens is 2. The molecule has 2 amide bonds. The van der Waals surface area contributed by atoms with Crippen LogP contribution in [-0.4, -0.2) is 46.1 Å². The van der Waals surface area contributed by atoms with Gasteiger partial charge in [-0.1, -0.05) is 6.42 Å². The number of aryl methyl sites for hydroxylation is 2. The van der Waals surface area contributed by atoms with Crippen molar-refractivity contribution in [2.75, 3.05) is 19.6 Å². The summed E-state index contributed by atoms with van der Waals surface area (Å²) in [6, 6.07) is 1.98. The highest BCUT2D eigenvalue weighted by Crippen LogP contribution is 2.51. The van der Waals surface area contributed by atoms with Gasteiger partial charge in [-0.3, -0.25) is 14.3 Å². The summed E-state index contributed by atoms with van der Waals surface area (Å²) >= 11 is 0. The standard InChI is InChI=1S/C19H28N4O2/c1-13-8-14(2)23(21-13)11-17(24)22-10-16(19(12-22)6-3-7-19)18(25)20-9-15-4-5-15/h8,15-16H,3-7,9-12H2,1-2H3,(H,20,25). The zero-order valence-corrected chi connectivity index (χ0v) is 15.3. The van der Waals surface area contributed by atoms with Crippen LogP contribution in [0.25, 0.3) is 0 Å². The Bertz CT molecular complexity index is 688. The minimum atomic E-state index is -0.0376. The molecule has 3 fully saturated rings. The van der Waals surface area contributed by atoms with Crippen molar-refractivity contribution in [2.45, 2.75) is 52.5 Å². The van der Waals surface area contributed by atoms with Crippen molar-refractivity contribution in [1.29, 1.82) is 0 Å². The predicted molar refractivity (Wildman–Crippen MR) is 93.8 cm³/mol. The zero-order valence-electron chi connectivity index (χ0n) is 15.3. The van der Waals surface area contributed by atoms with E-state index in [4.69, 9.17) is 0 Å². The van der Waals surface area contributed by atoms with Crippen LogP contribution in [0.15, 0.2) is 6.07 Å². The number of hydrogen-bond acceptors (Lipinski definition) is 3. The van der Waals surface area contributed by atoms with Crippen LogP contribution in [-0.2, 0) is 16.1 Å². The maximum atomic E-state index is 12.8. The average molecular weight is 344 g/mol. The van der Waals surface area contributed by atoms with Gasteiger partial charge in [0.2, 0.25) is 11.8 Å². The summed E-state index contributed by atoms with van der Waals surface area (Å²) in [5.74, 6) is 0.888. The molecule has 1 aromatic heterocycles. The number of carbonyl (C=O) groups is 2. The summed E-state index contributed by atoms with van der Waals surface area (Å²) in [5.41, 5.74) is 1.96. The number of carbonyl (C=O) groups excluding carboxylic acids is 2. The van der Waals surface area contributed by atoms with Gasteiger partial charge >= 0.3 is 0 Å². The fraction of sp³-hybridized carbons (Fsp3) is 0.737. The van der Waals surface area contributed by atoms with E-state index in [1.807, 2.05) is 24.8 Å². The molecule has 1 aliphatic heterocycles. The van der Waals surface area contributed by atoms with Gasteiger partial charge in [-0.25, -0.2) is 0 Å². The summed E-state index contributed by atoms with van der Waals surface area (Å²) in [4.78, 5) is 27.4. The van der Waals surface area contributed by atoms with Crippen LogP contribution in [0.2, 0.25) is 0 Å². The first-order valence-electron chi connectivity index (χ1n) is 9.53. The highest BCUT2D eigenvalue weighted by Gasteiger charge is 2.54. The first kappa shape index (κ1) is 16.6. The predicted octanol–water partition coefficient (Wildman–Crippen LogP) is 1.65. The van der Waals surface area contributed by atoms with E-state index in [9.17, 15) is 9.59 Å². The molecule has 1 aromatic rings. The number of amides is 2. The molecule has 6 nitrogen and oxygen atoms in total. The van der Waals surface area contributed by atoms with E-state index < -0.39 is 0 Å². The maximum Gasteiger partial charge on any atom is 0.244 e. The van der Waals surface area contributed by atoms with E-state index in [-0.39, 0.29) is 29.7 Å². The molecule has 2 aliphatic carbocycles. The minimum absolute atomic E-state index is 0.0262. The van der Waals surface area contributed by atoms with Gasteiger partial charge in [-0.15, -0.1) is 0 Å². The molecule has 0 bridgehead atoms. The second-order valence-electron chi connectivity index (χ2n) is 8.32. The van der Waals surface area contributed by atoms with Crippen molar-refractivity contribution >= 4 is 11.8 Å². The van der Waals surface area contributed by atoms with E-state index in [2.05, 4.69) is 10.4 Å². The van der Waals surface area contributed by atoms with Crippen molar-refractivity contribution in [3.8, 4) is 0 Å². The third-order valence-corrected chi connectivity index (χ3v) is 6.32. The number of hydrogen-bond donors (Lipinski definition) is 1. The van der Waals surface area contributed by atoms with Crippen LogP contribution in [0.1, 0.15) is 43.5 Å². The van der Waals surface area contributed by atoms with Crippen LogP contribution in [0.3, 0.4) is 0 Å². The number of nitrogens with one attached hydrogen (secondary N) is 1. The molecule has 1 atom stereocenters. The lowest BCUT2D eigenvalue weighted by Gasteiger charge is -2.41. The van der Waals surface area contributed by atoms with Gasteiger partial charge in [0.15, 0.2) is 0 Å². The van der Waals surface area contributed by atoms with Gasteiger partial charge in [0.05, 0.1) is 11.6 Å². The summed E-state index contributed by atoms with van der Waals surface area (Å²) in [7, 11) is 0. The van der Waals surface area contributed by atoms with E-state index in [1.54, 1.807) is 4.68 Å². The molecule has 6 heteroatoms. The van der Waals surface area contributed by atoms with Crippen LogP contribution < -0.4 is 5.32 Å². The van der Waals surface area contributed by atoms with Crippen molar-refractivity contribution in [3.05, 3.63) is 17.5 Å². The average Bonchev–Trinajstić information content (AvgIpc) is 3.18. The van der Waals surface area contributed by atoms with Gasteiger partial charge in [0.25, 0.3) is 0 Å². The summed E-state index contributed by atoms with van der Waals surface area (Å²) in [6.07, 6.45) is 5.79. The third kappa shape index (κ3) is 3.18. The Morgan fingerprint density at radius 1 is 1.32 bits per heavy atom. The highest BCUT2D eigenvalue weighted by molar-refractivity contribution is 5.83. The Morgan fingerprint density at radius 3 is 2.64 bits per heavy atom. The lowest BCUT2D eigenvalue weighted by Crippen LogP contribution is -2.45. The SMILES string of the molecule is Cc1cc(C)n(CC(=O)N2CC(C(=O)NCC3CC3)C3(CCC3)C2)n1. The van der Waals surface area contributed by atoms with Crippen LogP contribution in [0.5, 0.6) is 0 Å². The molecule has 136 valence electrons. The van der Waals surface area contributed by atoms with Crippen LogP contribution >= 0.6 is 0 Å². The van der Waals surface area contributed by atoms with Crippen molar-refractivity contribution in [1.82, 2.24) is 20.0 Å².